The molecule has 1 aliphatic rings. The fourth-order valence-electron chi connectivity index (χ4n) is 2.80. The number of hydrogen-bond donors (Lipinski definition) is 2. The molecule has 8 heteroatoms. The minimum absolute atomic E-state index is 0.0382. The lowest BCUT2D eigenvalue weighted by Crippen LogP contribution is -2.51. The predicted octanol–water partition coefficient (Wildman–Crippen LogP) is 0.137. The van der Waals surface area contributed by atoms with Crippen molar-refractivity contribution >= 4 is 10.2 Å². The van der Waals surface area contributed by atoms with Gasteiger partial charge in [-0.15, -0.1) is 0 Å². The Kier molecular flexibility index (Phi) is 5.37. The van der Waals surface area contributed by atoms with E-state index in [0.29, 0.717) is 13.1 Å². The maximum atomic E-state index is 12.5. The Bertz CT molecular complexity index is 567. The Labute approximate surface area is 126 Å². The first-order chi connectivity index (χ1) is 9.94. The van der Waals surface area contributed by atoms with Crippen molar-refractivity contribution in [3.05, 3.63) is 17.5 Å². The second-order valence-corrected chi connectivity index (χ2v) is 7.27. The van der Waals surface area contributed by atoms with Gasteiger partial charge in [0.1, 0.15) is 0 Å². The second-order valence-electron chi connectivity index (χ2n) is 5.56. The SMILES string of the molecule is CNCC1CCCCN1S(=O)(=O)NCc1cn(C)nc1C. The van der Waals surface area contributed by atoms with Crippen LogP contribution < -0.4 is 10.0 Å². The molecule has 1 aliphatic heterocycles. The summed E-state index contributed by atoms with van der Waals surface area (Å²) in [5.74, 6) is 0. The van der Waals surface area contributed by atoms with E-state index in [9.17, 15) is 8.42 Å². The highest BCUT2D eigenvalue weighted by molar-refractivity contribution is 7.87. The van der Waals surface area contributed by atoms with Crippen LogP contribution in [0.5, 0.6) is 0 Å². The molecule has 0 bridgehead atoms. The van der Waals surface area contributed by atoms with Crippen molar-refractivity contribution in [2.24, 2.45) is 7.05 Å². The molecular weight excluding hydrogens is 290 g/mol. The monoisotopic (exact) mass is 315 g/mol. The van der Waals surface area contributed by atoms with Crippen molar-refractivity contribution in [3.63, 3.8) is 0 Å². The number of nitrogens with one attached hydrogen (secondary N) is 2. The van der Waals surface area contributed by atoms with E-state index in [1.54, 1.807) is 8.99 Å². The minimum Gasteiger partial charge on any atom is -0.318 e. The quantitative estimate of drug-likeness (QED) is 0.782. The number of piperidine rings is 1. The summed E-state index contributed by atoms with van der Waals surface area (Å²) < 4.78 is 31.0. The average molecular weight is 315 g/mol. The highest BCUT2D eigenvalue weighted by Gasteiger charge is 2.31. The van der Waals surface area contributed by atoms with Gasteiger partial charge in [-0.2, -0.15) is 22.5 Å². The van der Waals surface area contributed by atoms with Gasteiger partial charge in [-0.05, 0) is 26.8 Å². The van der Waals surface area contributed by atoms with E-state index in [2.05, 4.69) is 15.1 Å². The molecule has 1 saturated heterocycles. The maximum Gasteiger partial charge on any atom is 0.280 e. The lowest BCUT2D eigenvalue weighted by Gasteiger charge is -2.34. The van der Waals surface area contributed by atoms with Crippen LogP contribution in [-0.4, -0.2) is 48.7 Å². The van der Waals surface area contributed by atoms with Gasteiger partial charge in [0.25, 0.3) is 10.2 Å². The van der Waals surface area contributed by atoms with E-state index < -0.39 is 10.2 Å². The molecule has 0 amide bonds. The summed E-state index contributed by atoms with van der Waals surface area (Å²) in [6.07, 6.45) is 4.76. The van der Waals surface area contributed by atoms with E-state index in [0.717, 1.165) is 30.5 Å². The first-order valence-electron chi connectivity index (χ1n) is 7.34. The molecule has 7 nitrogen and oxygen atoms in total. The highest BCUT2D eigenvalue weighted by atomic mass is 32.2. The van der Waals surface area contributed by atoms with Gasteiger partial charge in [0.05, 0.1) is 5.69 Å². The Morgan fingerprint density at radius 2 is 2.19 bits per heavy atom. The Balaban J connectivity index is 2.04. The van der Waals surface area contributed by atoms with Crippen LogP contribution in [-0.2, 0) is 23.8 Å². The Hall–Kier alpha value is -0.960. The third kappa shape index (κ3) is 4.03. The number of nitrogens with zero attached hydrogens (tertiary/aromatic N) is 3. The molecule has 0 saturated carbocycles. The smallest absolute Gasteiger partial charge is 0.280 e. The lowest BCUT2D eigenvalue weighted by molar-refractivity contribution is 0.246. The fourth-order valence-corrected chi connectivity index (χ4v) is 4.25. The number of rotatable bonds is 6. The molecule has 2 heterocycles. The molecule has 0 aliphatic carbocycles. The fraction of sp³-hybridized carbons (Fsp3) is 0.769. The average Bonchev–Trinajstić information content (AvgIpc) is 2.76. The number of hydrogen-bond acceptors (Lipinski definition) is 4. The zero-order valence-corrected chi connectivity index (χ0v) is 13.8. The summed E-state index contributed by atoms with van der Waals surface area (Å²) in [6, 6.07) is 0.0382. The summed E-state index contributed by atoms with van der Waals surface area (Å²) in [5, 5.41) is 7.31. The largest absolute Gasteiger partial charge is 0.318 e. The molecule has 1 aromatic rings. The molecule has 0 aromatic carbocycles. The van der Waals surface area contributed by atoms with Gasteiger partial charge in [-0.25, -0.2) is 0 Å². The van der Waals surface area contributed by atoms with Gasteiger partial charge in [0.15, 0.2) is 0 Å². The minimum atomic E-state index is -3.45. The van der Waals surface area contributed by atoms with E-state index in [-0.39, 0.29) is 12.6 Å². The molecule has 1 fully saturated rings. The van der Waals surface area contributed by atoms with Gasteiger partial charge in [0.2, 0.25) is 0 Å². The van der Waals surface area contributed by atoms with Crippen LogP contribution in [0.25, 0.3) is 0 Å². The van der Waals surface area contributed by atoms with E-state index in [1.807, 2.05) is 27.2 Å². The summed E-state index contributed by atoms with van der Waals surface area (Å²) in [4.78, 5) is 0. The van der Waals surface area contributed by atoms with E-state index >= 15 is 0 Å². The number of likely N-dealkylation sites (N-methyl/N-ethyl adjacent to an activating group) is 1. The molecule has 1 atom stereocenters. The summed E-state index contributed by atoms with van der Waals surface area (Å²) in [5.41, 5.74) is 1.76. The van der Waals surface area contributed by atoms with Crippen molar-refractivity contribution in [3.8, 4) is 0 Å². The molecular formula is C13H25N5O2S. The van der Waals surface area contributed by atoms with Crippen molar-refractivity contribution < 1.29 is 8.42 Å². The molecule has 2 N–H and O–H groups in total. The number of aryl methyl sites for hydroxylation is 2. The molecule has 0 radical (unpaired) electrons. The first-order valence-corrected chi connectivity index (χ1v) is 8.78. The van der Waals surface area contributed by atoms with Crippen molar-refractivity contribution in [2.75, 3.05) is 20.1 Å². The topological polar surface area (TPSA) is 79.3 Å². The lowest BCUT2D eigenvalue weighted by atomic mass is 10.1. The second kappa shape index (κ2) is 6.87. The van der Waals surface area contributed by atoms with Gasteiger partial charge in [-0.1, -0.05) is 6.42 Å². The van der Waals surface area contributed by atoms with Crippen LogP contribution in [0.3, 0.4) is 0 Å². The highest BCUT2D eigenvalue weighted by Crippen LogP contribution is 2.19. The van der Waals surface area contributed by atoms with Crippen LogP contribution in [0.15, 0.2) is 6.20 Å². The van der Waals surface area contributed by atoms with Gasteiger partial charge in [-0.3, -0.25) is 4.68 Å². The summed E-state index contributed by atoms with van der Waals surface area (Å²) in [6.45, 7) is 3.44. The number of aromatic nitrogens is 2. The summed E-state index contributed by atoms with van der Waals surface area (Å²) in [7, 11) is 0.231. The Morgan fingerprint density at radius 1 is 1.43 bits per heavy atom. The van der Waals surface area contributed by atoms with Crippen molar-refractivity contribution in [2.45, 2.75) is 38.8 Å². The van der Waals surface area contributed by atoms with Crippen LogP contribution in [0.4, 0.5) is 0 Å². The third-order valence-corrected chi connectivity index (χ3v) is 5.49. The van der Waals surface area contributed by atoms with E-state index in [4.69, 9.17) is 0 Å². The zero-order chi connectivity index (χ0) is 15.5. The van der Waals surface area contributed by atoms with Crippen molar-refractivity contribution in [1.82, 2.24) is 24.1 Å². The molecule has 21 heavy (non-hydrogen) atoms. The Morgan fingerprint density at radius 3 is 2.81 bits per heavy atom. The van der Waals surface area contributed by atoms with E-state index in [1.165, 1.54) is 0 Å². The van der Waals surface area contributed by atoms with Crippen LogP contribution in [0, 0.1) is 6.92 Å². The van der Waals surface area contributed by atoms with Gasteiger partial charge >= 0.3 is 0 Å². The standard InChI is InChI=1S/C13H25N5O2S/c1-11-12(10-17(3)16-11)8-15-21(19,20)18-7-5-4-6-13(18)9-14-2/h10,13-15H,4-9H2,1-3H3. The molecule has 1 aromatic heterocycles. The first kappa shape index (κ1) is 16.4. The molecule has 0 spiro atoms. The molecule has 2 rings (SSSR count). The van der Waals surface area contributed by atoms with Crippen LogP contribution >= 0.6 is 0 Å². The maximum absolute atomic E-state index is 12.5. The normalized spacial score (nSPS) is 20.8. The predicted molar refractivity (Wildman–Crippen MR) is 82.0 cm³/mol. The molecule has 120 valence electrons. The third-order valence-electron chi connectivity index (χ3n) is 3.88. The van der Waals surface area contributed by atoms with Crippen LogP contribution in [0.1, 0.15) is 30.5 Å². The van der Waals surface area contributed by atoms with Crippen LogP contribution in [0.2, 0.25) is 0 Å². The van der Waals surface area contributed by atoms with Gasteiger partial charge < -0.3 is 5.32 Å². The zero-order valence-electron chi connectivity index (χ0n) is 13.0. The van der Waals surface area contributed by atoms with Gasteiger partial charge in [0, 0.05) is 44.5 Å². The molecule has 1 unspecified atom stereocenters. The van der Waals surface area contributed by atoms with Crippen molar-refractivity contribution in [1.29, 1.82) is 0 Å². The summed E-state index contributed by atoms with van der Waals surface area (Å²) >= 11 is 0.